The molecule has 0 spiro atoms. The van der Waals surface area contributed by atoms with Gasteiger partial charge in [0.1, 0.15) is 0 Å². The maximum absolute atomic E-state index is 11.9. The molecule has 1 amide bonds. The smallest absolute Gasteiger partial charge is 0.229 e. The summed E-state index contributed by atoms with van der Waals surface area (Å²) in [5, 5.41) is 12.3. The standard InChI is InChI=1S/C20H24N6O2/c1-14-4-5-15(11-21)10-17(14)23-20-22-12-18(25(2)3)19(24-20)26(13-27)16-6-8-28-9-7-16/h4-5,10,12-13,16H,6-9H2,1-3H3,(H,22,23,24). The van der Waals surface area contributed by atoms with Crippen molar-refractivity contribution >= 4 is 29.6 Å². The summed E-state index contributed by atoms with van der Waals surface area (Å²) in [4.78, 5) is 24.5. The highest BCUT2D eigenvalue weighted by Crippen LogP contribution is 2.30. The van der Waals surface area contributed by atoms with E-state index in [-0.39, 0.29) is 6.04 Å². The van der Waals surface area contributed by atoms with Gasteiger partial charge in [0.05, 0.1) is 23.5 Å². The summed E-state index contributed by atoms with van der Waals surface area (Å²) >= 11 is 0. The molecule has 0 aliphatic carbocycles. The molecule has 0 saturated carbocycles. The number of amides is 1. The Morgan fingerprint density at radius 2 is 2.07 bits per heavy atom. The van der Waals surface area contributed by atoms with Gasteiger partial charge in [-0.15, -0.1) is 0 Å². The van der Waals surface area contributed by atoms with Crippen LogP contribution in [0.3, 0.4) is 0 Å². The first-order valence-corrected chi connectivity index (χ1v) is 9.17. The number of carbonyl (C=O) groups is 1. The molecule has 1 saturated heterocycles. The van der Waals surface area contributed by atoms with Gasteiger partial charge in [0.15, 0.2) is 5.82 Å². The number of ether oxygens (including phenoxy) is 1. The lowest BCUT2D eigenvalue weighted by Crippen LogP contribution is -2.40. The van der Waals surface area contributed by atoms with Crippen LogP contribution in [0.5, 0.6) is 0 Å². The van der Waals surface area contributed by atoms with Gasteiger partial charge in [-0.25, -0.2) is 4.98 Å². The predicted octanol–water partition coefficient (Wildman–Crippen LogP) is 2.61. The number of nitrogens with one attached hydrogen (secondary N) is 1. The molecule has 1 aliphatic heterocycles. The van der Waals surface area contributed by atoms with Crippen LogP contribution in [-0.2, 0) is 9.53 Å². The molecule has 1 fully saturated rings. The van der Waals surface area contributed by atoms with Crippen LogP contribution in [0.2, 0.25) is 0 Å². The van der Waals surface area contributed by atoms with Gasteiger partial charge in [0.2, 0.25) is 12.4 Å². The number of nitriles is 1. The van der Waals surface area contributed by atoms with E-state index in [1.165, 1.54) is 0 Å². The monoisotopic (exact) mass is 380 g/mol. The summed E-state index contributed by atoms with van der Waals surface area (Å²) in [6.45, 7) is 3.20. The third-order valence-corrected chi connectivity index (χ3v) is 4.79. The third-order valence-electron chi connectivity index (χ3n) is 4.79. The van der Waals surface area contributed by atoms with E-state index in [0.717, 1.165) is 36.2 Å². The fraction of sp³-hybridized carbons (Fsp3) is 0.400. The Morgan fingerprint density at radius 1 is 1.32 bits per heavy atom. The average molecular weight is 380 g/mol. The second kappa shape index (κ2) is 8.67. The van der Waals surface area contributed by atoms with Gasteiger partial charge in [-0.05, 0) is 37.5 Å². The van der Waals surface area contributed by atoms with E-state index >= 15 is 0 Å². The molecule has 1 aromatic heterocycles. The Bertz CT molecular complexity index is 887. The first kappa shape index (κ1) is 19.6. The number of hydrogen-bond acceptors (Lipinski definition) is 7. The number of aryl methyl sites for hydroxylation is 1. The van der Waals surface area contributed by atoms with Crippen LogP contribution in [0.1, 0.15) is 24.0 Å². The highest BCUT2D eigenvalue weighted by atomic mass is 16.5. The van der Waals surface area contributed by atoms with E-state index in [4.69, 9.17) is 10.00 Å². The molecule has 0 radical (unpaired) electrons. The second-order valence-corrected chi connectivity index (χ2v) is 6.92. The molecule has 1 aromatic carbocycles. The van der Waals surface area contributed by atoms with Gasteiger partial charge in [-0.2, -0.15) is 10.2 Å². The van der Waals surface area contributed by atoms with E-state index in [1.54, 1.807) is 23.2 Å². The van der Waals surface area contributed by atoms with Crippen LogP contribution >= 0.6 is 0 Å². The number of aromatic nitrogens is 2. The molecule has 0 atom stereocenters. The Hall–Kier alpha value is -3.18. The number of carbonyl (C=O) groups excluding carboxylic acids is 1. The quantitative estimate of drug-likeness (QED) is 0.770. The summed E-state index contributed by atoms with van der Waals surface area (Å²) in [5.41, 5.74) is 3.03. The fourth-order valence-corrected chi connectivity index (χ4v) is 3.15. The van der Waals surface area contributed by atoms with Crippen molar-refractivity contribution in [3.8, 4) is 6.07 Å². The largest absolute Gasteiger partial charge is 0.381 e. The number of benzene rings is 1. The van der Waals surface area contributed by atoms with Crippen LogP contribution in [0, 0.1) is 18.3 Å². The minimum Gasteiger partial charge on any atom is -0.381 e. The first-order chi connectivity index (χ1) is 13.5. The normalized spacial score (nSPS) is 14.2. The van der Waals surface area contributed by atoms with E-state index in [1.807, 2.05) is 32.0 Å². The van der Waals surface area contributed by atoms with Crippen molar-refractivity contribution in [3.05, 3.63) is 35.5 Å². The maximum Gasteiger partial charge on any atom is 0.229 e. The molecule has 2 aromatic rings. The van der Waals surface area contributed by atoms with Crippen molar-refractivity contribution in [1.29, 1.82) is 5.26 Å². The predicted molar refractivity (Wildman–Crippen MR) is 108 cm³/mol. The molecule has 8 heteroatoms. The molecule has 1 N–H and O–H groups in total. The van der Waals surface area contributed by atoms with Crippen molar-refractivity contribution < 1.29 is 9.53 Å². The molecule has 146 valence electrons. The molecule has 0 bridgehead atoms. The molecular formula is C20H24N6O2. The zero-order valence-corrected chi connectivity index (χ0v) is 16.3. The van der Waals surface area contributed by atoms with Gasteiger partial charge in [-0.1, -0.05) is 6.07 Å². The SMILES string of the molecule is Cc1ccc(C#N)cc1Nc1ncc(N(C)C)c(N(C=O)C2CCOCC2)n1. The van der Waals surface area contributed by atoms with Gasteiger partial charge < -0.3 is 15.0 Å². The lowest BCUT2D eigenvalue weighted by Gasteiger charge is -2.32. The van der Waals surface area contributed by atoms with Gasteiger partial charge in [0, 0.05) is 39.0 Å². The van der Waals surface area contributed by atoms with E-state index in [0.29, 0.717) is 30.5 Å². The zero-order chi connectivity index (χ0) is 20.1. The number of rotatable bonds is 6. The average Bonchev–Trinajstić information content (AvgIpc) is 2.71. The minimum absolute atomic E-state index is 0.0383. The fourth-order valence-electron chi connectivity index (χ4n) is 3.15. The molecular weight excluding hydrogens is 356 g/mol. The minimum atomic E-state index is 0.0383. The van der Waals surface area contributed by atoms with Gasteiger partial charge in [0.25, 0.3) is 0 Å². The Morgan fingerprint density at radius 3 is 2.71 bits per heavy atom. The lowest BCUT2D eigenvalue weighted by atomic mass is 10.1. The van der Waals surface area contributed by atoms with Crippen molar-refractivity contribution in [3.63, 3.8) is 0 Å². The molecule has 2 heterocycles. The van der Waals surface area contributed by atoms with Crippen molar-refractivity contribution in [2.75, 3.05) is 42.4 Å². The van der Waals surface area contributed by atoms with Crippen molar-refractivity contribution in [1.82, 2.24) is 9.97 Å². The van der Waals surface area contributed by atoms with Crippen LogP contribution in [0.25, 0.3) is 0 Å². The maximum atomic E-state index is 11.9. The van der Waals surface area contributed by atoms with E-state index in [2.05, 4.69) is 21.4 Å². The van der Waals surface area contributed by atoms with Gasteiger partial charge in [-0.3, -0.25) is 9.69 Å². The number of hydrogen-bond donors (Lipinski definition) is 1. The van der Waals surface area contributed by atoms with Crippen LogP contribution < -0.4 is 15.1 Å². The molecule has 28 heavy (non-hydrogen) atoms. The van der Waals surface area contributed by atoms with Crippen LogP contribution in [0.4, 0.5) is 23.1 Å². The van der Waals surface area contributed by atoms with Crippen LogP contribution in [-0.4, -0.2) is 49.7 Å². The number of anilines is 4. The Kier molecular flexibility index (Phi) is 6.06. The van der Waals surface area contributed by atoms with Crippen molar-refractivity contribution in [2.45, 2.75) is 25.8 Å². The highest BCUT2D eigenvalue weighted by Gasteiger charge is 2.26. The molecule has 1 aliphatic rings. The summed E-state index contributed by atoms with van der Waals surface area (Å²) in [5.74, 6) is 0.927. The van der Waals surface area contributed by atoms with E-state index in [9.17, 15) is 4.79 Å². The topological polar surface area (TPSA) is 94.4 Å². The summed E-state index contributed by atoms with van der Waals surface area (Å²) in [6.07, 6.45) is 4.06. The van der Waals surface area contributed by atoms with Crippen molar-refractivity contribution in [2.24, 2.45) is 0 Å². The molecule has 8 nitrogen and oxygen atoms in total. The van der Waals surface area contributed by atoms with E-state index < -0.39 is 0 Å². The summed E-state index contributed by atoms with van der Waals surface area (Å²) in [6, 6.07) is 7.56. The summed E-state index contributed by atoms with van der Waals surface area (Å²) < 4.78 is 5.42. The molecule has 3 rings (SSSR count). The number of nitrogens with zero attached hydrogens (tertiary/aromatic N) is 5. The summed E-state index contributed by atoms with van der Waals surface area (Å²) in [7, 11) is 3.78. The second-order valence-electron chi connectivity index (χ2n) is 6.92. The van der Waals surface area contributed by atoms with Gasteiger partial charge >= 0.3 is 0 Å². The molecule has 0 unspecified atom stereocenters. The first-order valence-electron chi connectivity index (χ1n) is 9.17. The Labute approximate surface area is 164 Å². The lowest BCUT2D eigenvalue weighted by molar-refractivity contribution is -0.108. The van der Waals surface area contributed by atoms with Crippen LogP contribution in [0.15, 0.2) is 24.4 Å². The zero-order valence-electron chi connectivity index (χ0n) is 16.3. The third kappa shape index (κ3) is 4.21. The Balaban J connectivity index is 1.97. The highest BCUT2D eigenvalue weighted by molar-refractivity contribution is 5.82.